The number of carbonyl (C=O) groups is 1. The molecular weight excluding hydrogens is 262 g/mol. The van der Waals surface area contributed by atoms with Gasteiger partial charge in [0.05, 0.1) is 10.5 Å². The number of fused-ring (bicyclic) bond motifs is 3. The molecule has 1 heterocycles. The first-order valence-corrected chi connectivity index (χ1v) is 6.29. The third-order valence-electron chi connectivity index (χ3n) is 3.43. The molecule has 19 heavy (non-hydrogen) atoms. The second-order valence-corrected chi connectivity index (χ2v) is 5.02. The van der Waals surface area contributed by atoms with Crippen molar-refractivity contribution in [1.29, 1.82) is 0 Å². The smallest absolute Gasteiger partial charge is 0.162 e. The van der Waals surface area contributed by atoms with E-state index in [0.29, 0.717) is 16.3 Å². The Balaban J connectivity index is 2.67. The van der Waals surface area contributed by atoms with E-state index >= 15 is 0 Å². The number of nitrogens with zero attached hydrogens (tertiary/aromatic N) is 1. The van der Waals surface area contributed by atoms with Crippen molar-refractivity contribution in [2.24, 2.45) is 7.05 Å². The van der Waals surface area contributed by atoms with Crippen molar-refractivity contribution in [3.63, 3.8) is 0 Å². The topological polar surface area (TPSA) is 42.2 Å². The Hall–Kier alpha value is -2.00. The highest BCUT2D eigenvalue weighted by Gasteiger charge is 2.19. The van der Waals surface area contributed by atoms with E-state index in [2.05, 4.69) is 0 Å². The summed E-state index contributed by atoms with van der Waals surface area (Å²) in [6, 6.07) is 7.47. The second kappa shape index (κ2) is 4.00. The number of aryl methyl sites for hydroxylation is 1. The Morgan fingerprint density at radius 2 is 1.89 bits per heavy atom. The van der Waals surface area contributed by atoms with Crippen LogP contribution in [0, 0.1) is 0 Å². The number of halogens is 1. The van der Waals surface area contributed by atoms with Crippen molar-refractivity contribution >= 4 is 39.1 Å². The molecule has 0 atom stereocenters. The lowest BCUT2D eigenvalue weighted by Crippen LogP contribution is -1.90. The van der Waals surface area contributed by atoms with Crippen molar-refractivity contribution in [2.45, 2.75) is 6.92 Å². The fourth-order valence-corrected chi connectivity index (χ4v) is 2.87. The highest BCUT2D eigenvalue weighted by molar-refractivity contribution is 6.41. The molecule has 0 fully saturated rings. The molecule has 3 rings (SSSR count). The van der Waals surface area contributed by atoms with Gasteiger partial charge in [0.15, 0.2) is 5.78 Å². The standard InChI is InChI=1S/C15H12ClNO2/c1-8(18)11-7-17(2)14-9-5-3-4-6-10(9)15(19)13(16)12(11)14/h3-7,19H,1-2H3. The lowest BCUT2D eigenvalue weighted by atomic mass is 10.0. The maximum atomic E-state index is 11.7. The SMILES string of the molecule is CC(=O)c1cn(C)c2c1c(Cl)c(O)c1ccccc12. The van der Waals surface area contributed by atoms with Crippen molar-refractivity contribution in [3.05, 3.63) is 41.0 Å². The number of rotatable bonds is 1. The number of phenolic OH excluding ortho intramolecular Hbond substituents is 1. The predicted octanol–water partition coefficient (Wildman–Crippen LogP) is 3.89. The second-order valence-electron chi connectivity index (χ2n) is 4.64. The predicted molar refractivity (Wildman–Crippen MR) is 77.1 cm³/mol. The van der Waals surface area contributed by atoms with Crippen LogP contribution in [0.25, 0.3) is 21.7 Å². The van der Waals surface area contributed by atoms with E-state index in [1.165, 1.54) is 6.92 Å². The van der Waals surface area contributed by atoms with Gasteiger partial charge in [0.1, 0.15) is 5.75 Å². The minimum atomic E-state index is -0.0674. The maximum absolute atomic E-state index is 11.7. The number of carbonyl (C=O) groups excluding carboxylic acids is 1. The van der Waals surface area contributed by atoms with Crippen LogP contribution in [0.2, 0.25) is 5.02 Å². The van der Waals surface area contributed by atoms with Crippen LogP contribution in [0.5, 0.6) is 5.75 Å². The van der Waals surface area contributed by atoms with Gasteiger partial charge in [-0.15, -0.1) is 0 Å². The Labute approximate surface area is 115 Å². The molecule has 0 unspecified atom stereocenters. The Morgan fingerprint density at radius 1 is 1.26 bits per heavy atom. The normalized spacial score (nSPS) is 11.3. The van der Waals surface area contributed by atoms with Crippen LogP contribution in [0.4, 0.5) is 0 Å². The number of Topliss-reactive ketones (excluding diaryl/α,β-unsaturated/α-hetero) is 1. The molecule has 0 spiro atoms. The Kier molecular flexibility index (Phi) is 2.54. The molecule has 0 amide bonds. The van der Waals surface area contributed by atoms with Crippen molar-refractivity contribution in [3.8, 4) is 5.75 Å². The van der Waals surface area contributed by atoms with Gasteiger partial charge in [-0.2, -0.15) is 0 Å². The zero-order chi connectivity index (χ0) is 13.7. The third kappa shape index (κ3) is 1.55. The minimum absolute atomic E-state index is 0.0264. The third-order valence-corrected chi connectivity index (χ3v) is 3.79. The van der Waals surface area contributed by atoms with Crippen molar-refractivity contribution < 1.29 is 9.90 Å². The van der Waals surface area contributed by atoms with Gasteiger partial charge in [-0.3, -0.25) is 4.79 Å². The van der Waals surface area contributed by atoms with Gasteiger partial charge in [-0.25, -0.2) is 0 Å². The maximum Gasteiger partial charge on any atom is 0.162 e. The monoisotopic (exact) mass is 273 g/mol. The van der Waals surface area contributed by atoms with Gasteiger partial charge in [0.25, 0.3) is 0 Å². The van der Waals surface area contributed by atoms with E-state index in [1.54, 1.807) is 6.20 Å². The van der Waals surface area contributed by atoms with Crippen LogP contribution in [0.1, 0.15) is 17.3 Å². The number of hydrogen-bond donors (Lipinski definition) is 1. The summed E-state index contributed by atoms with van der Waals surface area (Å²) in [6.45, 7) is 1.50. The van der Waals surface area contributed by atoms with Crippen LogP contribution >= 0.6 is 11.6 Å². The Morgan fingerprint density at radius 3 is 2.53 bits per heavy atom. The van der Waals surface area contributed by atoms with Gasteiger partial charge < -0.3 is 9.67 Å². The largest absolute Gasteiger partial charge is 0.506 e. The minimum Gasteiger partial charge on any atom is -0.506 e. The van der Waals surface area contributed by atoms with Crippen LogP contribution in [0.3, 0.4) is 0 Å². The first-order valence-electron chi connectivity index (χ1n) is 5.91. The first-order chi connectivity index (χ1) is 9.02. The average molecular weight is 274 g/mol. The van der Waals surface area contributed by atoms with Gasteiger partial charge in [0, 0.05) is 35.0 Å². The number of ketones is 1. The molecule has 2 aromatic carbocycles. The quantitative estimate of drug-likeness (QED) is 0.684. The molecule has 1 N–H and O–H groups in total. The molecule has 0 aliphatic rings. The number of aromatic hydroxyl groups is 1. The van der Waals surface area contributed by atoms with E-state index in [4.69, 9.17) is 11.6 Å². The van der Waals surface area contributed by atoms with E-state index in [-0.39, 0.29) is 16.6 Å². The molecular formula is C15H12ClNO2. The summed E-state index contributed by atoms with van der Waals surface area (Å²) in [6.07, 6.45) is 1.75. The summed E-state index contributed by atoms with van der Waals surface area (Å²) in [4.78, 5) is 11.7. The summed E-state index contributed by atoms with van der Waals surface area (Å²) in [5.41, 5.74) is 1.40. The zero-order valence-electron chi connectivity index (χ0n) is 10.6. The molecule has 1 aromatic heterocycles. The summed E-state index contributed by atoms with van der Waals surface area (Å²) < 4.78 is 1.87. The number of hydrogen-bond acceptors (Lipinski definition) is 2. The van der Waals surface area contributed by atoms with E-state index in [1.807, 2.05) is 35.9 Å². The van der Waals surface area contributed by atoms with E-state index in [0.717, 1.165) is 10.9 Å². The fourth-order valence-electron chi connectivity index (χ4n) is 2.57. The highest BCUT2D eigenvalue weighted by atomic mass is 35.5. The number of aromatic nitrogens is 1. The lowest BCUT2D eigenvalue weighted by molar-refractivity contribution is 0.101. The van der Waals surface area contributed by atoms with Crippen molar-refractivity contribution in [1.82, 2.24) is 4.57 Å². The van der Waals surface area contributed by atoms with Gasteiger partial charge in [-0.05, 0) is 6.92 Å². The molecule has 3 aromatic rings. The van der Waals surface area contributed by atoms with Crippen LogP contribution < -0.4 is 0 Å². The molecule has 0 bridgehead atoms. The van der Waals surface area contributed by atoms with Crippen LogP contribution in [0.15, 0.2) is 30.5 Å². The number of phenols is 1. The average Bonchev–Trinajstić information content (AvgIpc) is 2.74. The molecule has 4 heteroatoms. The summed E-state index contributed by atoms with van der Waals surface area (Å²) in [7, 11) is 1.87. The molecule has 0 aliphatic heterocycles. The highest BCUT2D eigenvalue weighted by Crippen LogP contribution is 2.42. The molecule has 3 nitrogen and oxygen atoms in total. The fraction of sp³-hybridized carbons (Fsp3) is 0.133. The zero-order valence-corrected chi connectivity index (χ0v) is 11.3. The molecule has 0 aliphatic carbocycles. The molecule has 0 saturated heterocycles. The first kappa shape index (κ1) is 12.1. The summed E-state index contributed by atoms with van der Waals surface area (Å²) in [5, 5.41) is 12.6. The molecule has 0 saturated carbocycles. The van der Waals surface area contributed by atoms with Crippen molar-refractivity contribution in [2.75, 3.05) is 0 Å². The summed E-state index contributed by atoms with van der Waals surface area (Å²) in [5.74, 6) is -0.0411. The summed E-state index contributed by atoms with van der Waals surface area (Å²) >= 11 is 6.25. The van der Waals surface area contributed by atoms with Crippen LogP contribution in [-0.2, 0) is 7.05 Å². The molecule has 0 radical (unpaired) electrons. The van der Waals surface area contributed by atoms with Gasteiger partial charge >= 0.3 is 0 Å². The van der Waals surface area contributed by atoms with Crippen LogP contribution in [-0.4, -0.2) is 15.5 Å². The van der Waals surface area contributed by atoms with E-state index in [9.17, 15) is 9.90 Å². The number of benzene rings is 2. The Bertz CT molecular complexity index is 833. The van der Waals surface area contributed by atoms with Gasteiger partial charge in [0.2, 0.25) is 0 Å². The van der Waals surface area contributed by atoms with Gasteiger partial charge in [-0.1, -0.05) is 35.9 Å². The molecule has 96 valence electrons. The lowest BCUT2D eigenvalue weighted by Gasteiger charge is -2.08. The van der Waals surface area contributed by atoms with E-state index < -0.39 is 0 Å².